The number of ether oxygens (including phenoxy) is 1. The van der Waals surface area contributed by atoms with Crippen molar-refractivity contribution in [1.82, 2.24) is 0 Å². The number of hydrogen-bond donors (Lipinski definition) is 1. The van der Waals surface area contributed by atoms with Crippen LogP contribution in [-0.2, 0) is 15.6 Å². The molecule has 0 aromatic heterocycles. The molecule has 0 radical (unpaired) electrons. The summed E-state index contributed by atoms with van der Waals surface area (Å²) in [6.07, 6.45) is -0.120. The first-order valence-corrected chi connectivity index (χ1v) is 6.03. The van der Waals surface area contributed by atoms with Gasteiger partial charge in [-0.15, -0.1) is 0 Å². The molecule has 2 atom stereocenters. The van der Waals surface area contributed by atoms with Crippen LogP contribution >= 0.6 is 0 Å². The van der Waals surface area contributed by atoms with Crippen molar-refractivity contribution in [3.05, 3.63) is 24.3 Å². The van der Waals surface area contributed by atoms with E-state index in [4.69, 9.17) is 9.84 Å². The summed E-state index contributed by atoms with van der Waals surface area (Å²) in [4.78, 5) is 11.1. The van der Waals surface area contributed by atoms with Gasteiger partial charge in [-0.3, -0.25) is 9.00 Å². The number of hydrogen-bond acceptors (Lipinski definition) is 3. The average Bonchev–Trinajstić information content (AvgIpc) is 2.27. The summed E-state index contributed by atoms with van der Waals surface area (Å²) in [6, 6.07) is 6.93. The second-order valence-electron chi connectivity index (χ2n) is 3.36. The zero-order chi connectivity index (χ0) is 12.1. The number of para-hydroxylation sites is 1. The number of carboxylic acid groups (broad SMARTS) is 1. The van der Waals surface area contributed by atoms with Crippen LogP contribution in [0.25, 0.3) is 0 Å². The minimum Gasteiger partial charge on any atom is -0.495 e. The molecule has 0 amide bonds. The fraction of sp³-hybridized carbons (Fsp3) is 0.364. The van der Waals surface area contributed by atoms with Crippen molar-refractivity contribution < 1.29 is 18.8 Å². The number of benzene rings is 1. The van der Waals surface area contributed by atoms with E-state index in [1.54, 1.807) is 31.2 Å². The summed E-state index contributed by atoms with van der Waals surface area (Å²) in [5.74, 6) is -0.422. The number of methoxy groups -OCH3 is 1. The molecule has 5 heteroatoms. The van der Waals surface area contributed by atoms with Gasteiger partial charge in [0.05, 0.1) is 29.2 Å². The molecular weight excluding hydrogens is 228 g/mol. The van der Waals surface area contributed by atoms with Crippen LogP contribution in [0.3, 0.4) is 0 Å². The Morgan fingerprint density at radius 3 is 2.69 bits per heavy atom. The van der Waals surface area contributed by atoms with E-state index in [1.807, 2.05) is 0 Å². The molecule has 0 heterocycles. The van der Waals surface area contributed by atoms with Crippen LogP contribution in [-0.4, -0.2) is 27.6 Å². The summed E-state index contributed by atoms with van der Waals surface area (Å²) < 4.78 is 17.1. The maximum Gasteiger partial charge on any atom is 0.304 e. The Labute approximate surface area is 96.7 Å². The summed E-state index contributed by atoms with van der Waals surface area (Å²) in [5.41, 5.74) is 0. The van der Waals surface area contributed by atoms with Gasteiger partial charge in [0.1, 0.15) is 5.75 Å². The minimum atomic E-state index is -1.37. The van der Waals surface area contributed by atoms with Crippen molar-refractivity contribution in [2.75, 3.05) is 7.11 Å². The highest BCUT2D eigenvalue weighted by molar-refractivity contribution is 7.85. The van der Waals surface area contributed by atoms with Gasteiger partial charge < -0.3 is 9.84 Å². The van der Waals surface area contributed by atoms with E-state index in [1.165, 1.54) is 7.11 Å². The van der Waals surface area contributed by atoms with Gasteiger partial charge in [-0.05, 0) is 19.1 Å². The van der Waals surface area contributed by atoms with E-state index in [2.05, 4.69) is 0 Å². The van der Waals surface area contributed by atoms with Gasteiger partial charge in [0.15, 0.2) is 0 Å². The molecule has 0 aliphatic heterocycles. The highest BCUT2D eigenvalue weighted by Crippen LogP contribution is 2.24. The van der Waals surface area contributed by atoms with Crippen LogP contribution in [0.4, 0.5) is 0 Å². The summed E-state index contributed by atoms with van der Waals surface area (Å²) >= 11 is 0. The summed E-state index contributed by atoms with van der Waals surface area (Å²) in [5, 5.41) is 8.20. The summed E-state index contributed by atoms with van der Waals surface area (Å²) in [7, 11) is 0.132. The van der Waals surface area contributed by atoms with E-state index < -0.39 is 22.0 Å². The second kappa shape index (κ2) is 5.65. The monoisotopic (exact) mass is 242 g/mol. The molecule has 0 spiro atoms. The van der Waals surface area contributed by atoms with Crippen molar-refractivity contribution >= 4 is 16.8 Å². The first-order chi connectivity index (χ1) is 7.56. The second-order valence-corrected chi connectivity index (χ2v) is 5.20. The molecule has 0 saturated carbocycles. The van der Waals surface area contributed by atoms with Gasteiger partial charge in [0.25, 0.3) is 0 Å². The molecule has 1 aromatic rings. The van der Waals surface area contributed by atoms with E-state index in [-0.39, 0.29) is 6.42 Å². The normalized spacial score (nSPS) is 14.1. The molecule has 1 rings (SSSR count). The van der Waals surface area contributed by atoms with E-state index in [9.17, 15) is 9.00 Å². The Hall–Kier alpha value is -1.36. The summed E-state index contributed by atoms with van der Waals surface area (Å²) in [6.45, 7) is 1.65. The molecule has 1 N–H and O–H groups in total. The number of aliphatic carboxylic acids is 1. The number of carbonyl (C=O) groups is 1. The van der Waals surface area contributed by atoms with Gasteiger partial charge >= 0.3 is 5.97 Å². The first kappa shape index (κ1) is 12.7. The largest absolute Gasteiger partial charge is 0.495 e. The maximum atomic E-state index is 12.0. The molecule has 0 aliphatic rings. The van der Waals surface area contributed by atoms with E-state index >= 15 is 0 Å². The van der Waals surface area contributed by atoms with Gasteiger partial charge in [-0.2, -0.15) is 0 Å². The quantitative estimate of drug-likeness (QED) is 0.853. The van der Waals surface area contributed by atoms with Crippen LogP contribution < -0.4 is 4.74 Å². The highest BCUT2D eigenvalue weighted by Gasteiger charge is 2.19. The van der Waals surface area contributed by atoms with E-state index in [0.717, 1.165) is 0 Å². The third kappa shape index (κ3) is 3.06. The van der Waals surface area contributed by atoms with Crippen LogP contribution in [0.2, 0.25) is 0 Å². The fourth-order valence-electron chi connectivity index (χ4n) is 1.32. The standard InChI is InChI=1S/C11H14O4S/c1-8(7-11(12)13)16(14)10-6-4-3-5-9(10)15-2/h3-6,8H,7H2,1-2H3,(H,12,13)/t8-,16?/m1/s1. The Morgan fingerprint density at radius 2 is 2.12 bits per heavy atom. The molecule has 16 heavy (non-hydrogen) atoms. The Balaban J connectivity index is 2.91. The molecule has 0 saturated heterocycles. The molecule has 0 fully saturated rings. The fourth-order valence-corrected chi connectivity index (χ4v) is 2.61. The van der Waals surface area contributed by atoms with Gasteiger partial charge in [-0.1, -0.05) is 12.1 Å². The zero-order valence-corrected chi connectivity index (χ0v) is 9.99. The van der Waals surface area contributed by atoms with Crippen LogP contribution in [0.5, 0.6) is 5.75 Å². The lowest BCUT2D eigenvalue weighted by molar-refractivity contribution is -0.136. The molecule has 88 valence electrons. The van der Waals surface area contributed by atoms with Gasteiger partial charge in [0, 0.05) is 5.25 Å². The zero-order valence-electron chi connectivity index (χ0n) is 9.17. The van der Waals surface area contributed by atoms with E-state index in [0.29, 0.717) is 10.6 Å². The Morgan fingerprint density at radius 1 is 1.50 bits per heavy atom. The topological polar surface area (TPSA) is 63.6 Å². The van der Waals surface area contributed by atoms with Crippen molar-refractivity contribution in [2.24, 2.45) is 0 Å². The highest BCUT2D eigenvalue weighted by atomic mass is 32.2. The predicted octanol–water partition coefficient (Wildman–Crippen LogP) is 1.67. The van der Waals surface area contributed by atoms with Crippen molar-refractivity contribution in [3.63, 3.8) is 0 Å². The lowest BCUT2D eigenvalue weighted by atomic mass is 10.3. The molecular formula is C11H14O4S. The predicted molar refractivity (Wildman–Crippen MR) is 61.1 cm³/mol. The van der Waals surface area contributed by atoms with Crippen molar-refractivity contribution in [3.8, 4) is 5.75 Å². The third-order valence-electron chi connectivity index (χ3n) is 2.11. The van der Waals surface area contributed by atoms with Crippen LogP contribution in [0.15, 0.2) is 29.2 Å². The lowest BCUT2D eigenvalue weighted by Gasteiger charge is -2.11. The molecule has 4 nitrogen and oxygen atoms in total. The van der Waals surface area contributed by atoms with Crippen molar-refractivity contribution in [2.45, 2.75) is 23.5 Å². The molecule has 1 unspecified atom stereocenters. The maximum absolute atomic E-state index is 12.0. The average molecular weight is 242 g/mol. The van der Waals surface area contributed by atoms with Gasteiger partial charge in [0.2, 0.25) is 0 Å². The first-order valence-electron chi connectivity index (χ1n) is 4.81. The number of carboxylic acids is 1. The lowest BCUT2D eigenvalue weighted by Crippen LogP contribution is -2.16. The SMILES string of the molecule is COc1ccccc1S(=O)[C@H](C)CC(=O)O. The Kier molecular flexibility index (Phi) is 4.49. The van der Waals surface area contributed by atoms with Crippen LogP contribution in [0, 0.1) is 0 Å². The minimum absolute atomic E-state index is 0.120. The molecule has 0 bridgehead atoms. The molecule has 1 aromatic carbocycles. The van der Waals surface area contributed by atoms with Crippen molar-refractivity contribution in [1.29, 1.82) is 0 Å². The molecule has 0 aliphatic carbocycles. The van der Waals surface area contributed by atoms with Crippen LogP contribution in [0.1, 0.15) is 13.3 Å². The van der Waals surface area contributed by atoms with Gasteiger partial charge in [-0.25, -0.2) is 0 Å². The smallest absolute Gasteiger partial charge is 0.304 e. The third-order valence-corrected chi connectivity index (χ3v) is 3.78. The Bertz CT molecular complexity index is 403. The number of rotatable bonds is 5.